The molecule has 1 N–H and O–H groups in total. The van der Waals surface area contributed by atoms with Crippen molar-refractivity contribution in [2.75, 3.05) is 13.1 Å². The van der Waals surface area contributed by atoms with Crippen molar-refractivity contribution in [1.29, 1.82) is 0 Å². The Morgan fingerprint density at radius 2 is 1.70 bits per heavy atom. The van der Waals surface area contributed by atoms with Gasteiger partial charge in [-0.15, -0.1) is 0 Å². The van der Waals surface area contributed by atoms with E-state index in [-0.39, 0.29) is 18.1 Å². The Hall–Kier alpha value is -2.92. The van der Waals surface area contributed by atoms with E-state index in [1.165, 1.54) is 0 Å². The predicted molar refractivity (Wildman–Crippen MR) is 102 cm³/mol. The summed E-state index contributed by atoms with van der Waals surface area (Å²) < 4.78 is 5.36. The number of carbonyl (C=O) groups is 1. The second-order valence-corrected chi connectivity index (χ2v) is 7.32. The Morgan fingerprint density at radius 1 is 1.07 bits per heavy atom. The highest BCUT2D eigenvalue weighted by Gasteiger charge is 2.40. The second kappa shape index (κ2) is 6.67. The predicted octanol–water partition coefficient (Wildman–Crippen LogP) is 3.69. The summed E-state index contributed by atoms with van der Waals surface area (Å²) in [5.41, 5.74) is 3.25. The van der Waals surface area contributed by atoms with Crippen LogP contribution < -0.4 is 0 Å². The summed E-state index contributed by atoms with van der Waals surface area (Å²) in [6, 6.07) is 17.3. The largest absolute Gasteiger partial charge is 0.383 e. The molecule has 3 aromatic rings. The molecular formula is C22H22N2O3. The SMILES string of the molecule is Cc1ccc(-c2cc(C(=O)N3CCC(O)(c4ccc(C)cc4)C3)no2)cc1. The fourth-order valence-corrected chi connectivity index (χ4v) is 3.46. The number of nitrogens with zero attached hydrogens (tertiary/aromatic N) is 2. The van der Waals surface area contributed by atoms with Crippen LogP contribution in [-0.2, 0) is 5.60 Å². The smallest absolute Gasteiger partial charge is 0.276 e. The minimum absolute atomic E-state index is 0.222. The molecule has 1 fully saturated rings. The molecule has 0 saturated carbocycles. The van der Waals surface area contributed by atoms with Crippen LogP contribution in [0.1, 0.15) is 33.6 Å². The highest BCUT2D eigenvalue weighted by Crippen LogP contribution is 2.33. The number of aryl methyl sites for hydroxylation is 2. The lowest BCUT2D eigenvalue weighted by Gasteiger charge is -2.23. The van der Waals surface area contributed by atoms with Crippen LogP contribution in [0.2, 0.25) is 0 Å². The van der Waals surface area contributed by atoms with Crippen molar-refractivity contribution in [2.24, 2.45) is 0 Å². The van der Waals surface area contributed by atoms with Gasteiger partial charge in [-0.05, 0) is 25.8 Å². The van der Waals surface area contributed by atoms with E-state index in [4.69, 9.17) is 4.52 Å². The molecule has 1 aliphatic rings. The molecular weight excluding hydrogens is 340 g/mol. The van der Waals surface area contributed by atoms with Crippen LogP contribution in [0.4, 0.5) is 0 Å². The van der Waals surface area contributed by atoms with Crippen LogP contribution in [0.15, 0.2) is 59.1 Å². The Morgan fingerprint density at radius 3 is 2.37 bits per heavy atom. The first-order chi connectivity index (χ1) is 12.9. The summed E-state index contributed by atoms with van der Waals surface area (Å²) in [6.45, 7) is 4.76. The van der Waals surface area contributed by atoms with Crippen molar-refractivity contribution < 1.29 is 14.4 Å². The first-order valence-corrected chi connectivity index (χ1v) is 9.07. The van der Waals surface area contributed by atoms with Crippen molar-refractivity contribution in [2.45, 2.75) is 25.9 Å². The minimum Gasteiger partial charge on any atom is -0.383 e. The molecule has 2 aromatic carbocycles. The molecule has 0 bridgehead atoms. The van der Waals surface area contributed by atoms with Gasteiger partial charge in [0.15, 0.2) is 11.5 Å². The number of amides is 1. The Labute approximate surface area is 158 Å². The van der Waals surface area contributed by atoms with Crippen molar-refractivity contribution >= 4 is 5.91 Å². The number of aliphatic hydroxyl groups is 1. The first kappa shape index (κ1) is 17.5. The van der Waals surface area contributed by atoms with E-state index in [0.29, 0.717) is 18.7 Å². The standard InChI is InChI=1S/C22H22N2O3/c1-15-3-7-17(8-4-15)20-13-19(23-27-20)21(25)24-12-11-22(26,14-24)18-9-5-16(2)6-10-18/h3-10,13,26H,11-12,14H2,1-2H3. The van der Waals surface area contributed by atoms with Crippen LogP contribution in [0, 0.1) is 13.8 Å². The van der Waals surface area contributed by atoms with Gasteiger partial charge in [-0.3, -0.25) is 4.79 Å². The lowest BCUT2D eigenvalue weighted by Crippen LogP contribution is -2.34. The van der Waals surface area contributed by atoms with Crippen LogP contribution in [-0.4, -0.2) is 34.2 Å². The van der Waals surface area contributed by atoms with E-state index in [9.17, 15) is 9.90 Å². The summed E-state index contributed by atoms with van der Waals surface area (Å²) in [5.74, 6) is 0.339. The summed E-state index contributed by atoms with van der Waals surface area (Å²) in [5, 5.41) is 14.9. The average molecular weight is 362 g/mol. The molecule has 0 radical (unpaired) electrons. The highest BCUT2D eigenvalue weighted by molar-refractivity contribution is 5.93. The average Bonchev–Trinajstić information content (AvgIpc) is 3.30. The highest BCUT2D eigenvalue weighted by atomic mass is 16.5. The molecule has 0 spiro atoms. The maximum Gasteiger partial charge on any atom is 0.276 e. The van der Waals surface area contributed by atoms with Crippen molar-refractivity contribution in [3.8, 4) is 11.3 Å². The lowest BCUT2D eigenvalue weighted by atomic mass is 9.92. The van der Waals surface area contributed by atoms with Crippen molar-refractivity contribution in [3.05, 3.63) is 77.0 Å². The third-order valence-corrected chi connectivity index (χ3v) is 5.19. The minimum atomic E-state index is -1.02. The van der Waals surface area contributed by atoms with Crippen LogP contribution in [0.25, 0.3) is 11.3 Å². The first-order valence-electron chi connectivity index (χ1n) is 9.07. The summed E-state index contributed by atoms with van der Waals surface area (Å²) >= 11 is 0. The zero-order valence-corrected chi connectivity index (χ0v) is 15.5. The van der Waals surface area contributed by atoms with Gasteiger partial charge in [-0.2, -0.15) is 0 Å². The topological polar surface area (TPSA) is 66.6 Å². The van der Waals surface area contributed by atoms with Gasteiger partial charge in [0, 0.05) is 18.2 Å². The van der Waals surface area contributed by atoms with E-state index in [1.807, 2.05) is 62.4 Å². The number of hydrogen-bond acceptors (Lipinski definition) is 4. The van der Waals surface area contributed by atoms with Crippen molar-refractivity contribution in [1.82, 2.24) is 10.1 Å². The van der Waals surface area contributed by atoms with E-state index in [2.05, 4.69) is 5.16 Å². The number of hydrogen-bond donors (Lipinski definition) is 1. The normalized spacial score (nSPS) is 19.4. The Bertz CT molecular complexity index is 960. The molecule has 1 amide bonds. The van der Waals surface area contributed by atoms with Gasteiger partial charge in [0.25, 0.3) is 5.91 Å². The second-order valence-electron chi connectivity index (χ2n) is 7.32. The van der Waals surface area contributed by atoms with Crippen LogP contribution in [0.3, 0.4) is 0 Å². The van der Waals surface area contributed by atoms with Gasteiger partial charge in [-0.25, -0.2) is 0 Å². The van der Waals surface area contributed by atoms with E-state index in [1.54, 1.807) is 11.0 Å². The molecule has 0 aliphatic carbocycles. The summed E-state index contributed by atoms with van der Waals surface area (Å²) in [7, 11) is 0. The molecule has 1 aliphatic heterocycles. The number of aromatic nitrogens is 1. The number of rotatable bonds is 3. The third-order valence-electron chi connectivity index (χ3n) is 5.19. The van der Waals surface area contributed by atoms with Crippen molar-refractivity contribution in [3.63, 3.8) is 0 Å². The van der Waals surface area contributed by atoms with Gasteiger partial charge in [0.05, 0.1) is 6.54 Å². The molecule has 138 valence electrons. The van der Waals surface area contributed by atoms with Gasteiger partial charge >= 0.3 is 0 Å². The molecule has 2 heterocycles. The maximum atomic E-state index is 12.8. The van der Waals surface area contributed by atoms with Gasteiger partial charge < -0.3 is 14.5 Å². The van der Waals surface area contributed by atoms with Gasteiger partial charge in [0.1, 0.15) is 5.60 Å². The van der Waals surface area contributed by atoms with Crippen LogP contribution >= 0.6 is 0 Å². The summed E-state index contributed by atoms with van der Waals surface area (Å²) in [4.78, 5) is 14.4. The van der Waals surface area contributed by atoms with E-state index < -0.39 is 5.60 Å². The van der Waals surface area contributed by atoms with E-state index in [0.717, 1.165) is 22.3 Å². The Kier molecular flexibility index (Phi) is 4.32. The van der Waals surface area contributed by atoms with Gasteiger partial charge in [0.2, 0.25) is 0 Å². The number of β-amino-alcohol motifs (C(OH)–C–C–N with tert-alkyl or cyclic N) is 1. The zero-order valence-electron chi connectivity index (χ0n) is 15.5. The Balaban J connectivity index is 1.51. The molecule has 1 saturated heterocycles. The number of likely N-dealkylation sites (tertiary alicyclic amines) is 1. The number of benzene rings is 2. The third kappa shape index (κ3) is 3.38. The fourth-order valence-electron chi connectivity index (χ4n) is 3.46. The molecule has 4 rings (SSSR count). The quantitative estimate of drug-likeness (QED) is 0.772. The molecule has 1 atom stereocenters. The fraction of sp³-hybridized carbons (Fsp3) is 0.273. The molecule has 5 nitrogen and oxygen atoms in total. The molecule has 1 aromatic heterocycles. The maximum absolute atomic E-state index is 12.8. The lowest BCUT2D eigenvalue weighted by molar-refractivity contribution is 0.0414. The van der Waals surface area contributed by atoms with Gasteiger partial charge in [-0.1, -0.05) is 64.8 Å². The molecule has 5 heteroatoms. The molecule has 1 unspecified atom stereocenters. The van der Waals surface area contributed by atoms with E-state index >= 15 is 0 Å². The zero-order chi connectivity index (χ0) is 19.0. The summed E-state index contributed by atoms with van der Waals surface area (Å²) in [6.07, 6.45) is 0.504. The van der Waals surface area contributed by atoms with Crippen LogP contribution in [0.5, 0.6) is 0 Å². The molecule has 27 heavy (non-hydrogen) atoms. The number of carbonyl (C=O) groups excluding carboxylic acids is 1. The monoisotopic (exact) mass is 362 g/mol.